The average molecular weight is 304 g/mol. The molecule has 0 saturated carbocycles. The fraction of sp³-hybridized carbons (Fsp3) is 0.500. The molecule has 5 heteroatoms. The molecule has 4 nitrogen and oxygen atoms in total. The van der Waals surface area contributed by atoms with E-state index in [4.69, 9.17) is 15.2 Å². The van der Waals surface area contributed by atoms with E-state index in [9.17, 15) is 5.11 Å². The number of nitrogens with two attached hydrogens (primary N) is 1. The summed E-state index contributed by atoms with van der Waals surface area (Å²) in [6.07, 6.45) is 0.0419. The Bertz CT molecular complexity index is 396. The maximum absolute atomic E-state index is 9.91. The van der Waals surface area contributed by atoms with Crippen LogP contribution in [-0.2, 0) is 6.42 Å². The van der Waals surface area contributed by atoms with Crippen LogP contribution in [0.5, 0.6) is 11.5 Å². The molecule has 0 spiro atoms. The molecule has 0 aliphatic carbocycles. The van der Waals surface area contributed by atoms with Crippen molar-refractivity contribution < 1.29 is 14.6 Å². The Labute approximate surface area is 110 Å². The van der Waals surface area contributed by atoms with Gasteiger partial charge in [-0.3, -0.25) is 0 Å². The molecule has 0 amide bonds. The van der Waals surface area contributed by atoms with Gasteiger partial charge in [0.1, 0.15) is 0 Å². The zero-order chi connectivity index (χ0) is 13.0. The first-order valence-corrected chi connectivity index (χ1v) is 6.21. The zero-order valence-electron chi connectivity index (χ0n) is 10.3. The summed E-state index contributed by atoms with van der Waals surface area (Å²) >= 11 is 3.40. The lowest BCUT2D eigenvalue weighted by atomic mass is 9.98. The molecule has 1 atom stereocenters. The maximum atomic E-state index is 9.91. The summed E-state index contributed by atoms with van der Waals surface area (Å²) in [7, 11) is 3.17. The lowest BCUT2D eigenvalue weighted by Crippen LogP contribution is -2.14. The van der Waals surface area contributed by atoms with E-state index in [-0.39, 0.29) is 6.54 Å². The third-order valence-corrected chi connectivity index (χ3v) is 3.26. The molecule has 3 N–H and O–H groups in total. The van der Waals surface area contributed by atoms with Gasteiger partial charge < -0.3 is 20.3 Å². The summed E-state index contributed by atoms with van der Waals surface area (Å²) in [4.78, 5) is 0. The van der Waals surface area contributed by atoms with Crippen molar-refractivity contribution in [3.63, 3.8) is 0 Å². The van der Waals surface area contributed by atoms with E-state index in [1.807, 2.05) is 13.0 Å². The highest BCUT2D eigenvalue weighted by Gasteiger charge is 2.20. The minimum Gasteiger partial charge on any atom is -0.493 e. The van der Waals surface area contributed by atoms with Crippen LogP contribution in [0.15, 0.2) is 10.5 Å². The number of rotatable bonds is 5. The number of aliphatic hydroxyl groups excluding tert-OH is 1. The summed E-state index contributed by atoms with van der Waals surface area (Å²) in [5.74, 6) is 1.28. The summed E-state index contributed by atoms with van der Waals surface area (Å²) in [5, 5.41) is 9.91. The highest BCUT2D eigenvalue weighted by atomic mass is 79.9. The Balaban J connectivity index is 3.47. The van der Waals surface area contributed by atoms with Gasteiger partial charge in [0.2, 0.25) is 0 Å². The van der Waals surface area contributed by atoms with E-state index in [2.05, 4.69) is 15.9 Å². The number of hydrogen-bond donors (Lipinski definition) is 2. The molecule has 0 saturated heterocycles. The predicted molar refractivity (Wildman–Crippen MR) is 70.6 cm³/mol. The largest absolute Gasteiger partial charge is 0.493 e. The van der Waals surface area contributed by atoms with E-state index in [1.54, 1.807) is 14.2 Å². The lowest BCUT2D eigenvalue weighted by Gasteiger charge is -2.20. The van der Waals surface area contributed by atoms with Crippen molar-refractivity contribution >= 4 is 15.9 Å². The Hall–Kier alpha value is -0.780. The van der Waals surface area contributed by atoms with Crippen LogP contribution in [0.4, 0.5) is 0 Å². The van der Waals surface area contributed by atoms with Crippen LogP contribution >= 0.6 is 15.9 Å². The van der Waals surface area contributed by atoms with Gasteiger partial charge in [0, 0.05) is 12.1 Å². The van der Waals surface area contributed by atoms with E-state index in [1.165, 1.54) is 0 Å². The lowest BCUT2D eigenvalue weighted by molar-refractivity contribution is 0.185. The van der Waals surface area contributed by atoms with Gasteiger partial charge in [-0.2, -0.15) is 0 Å². The van der Waals surface area contributed by atoms with Crippen LogP contribution in [0.3, 0.4) is 0 Å². The minimum atomic E-state index is -0.693. The van der Waals surface area contributed by atoms with E-state index >= 15 is 0 Å². The molecule has 0 fully saturated rings. The van der Waals surface area contributed by atoms with Gasteiger partial charge in [0.05, 0.1) is 24.8 Å². The SMILES string of the molecule is CCc1c(C(O)CN)cc(Br)c(OC)c1OC. The van der Waals surface area contributed by atoms with Crippen molar-refractivity contribution in [2.24, 2.45) is 5.73 Å². The Morgan fingerprint density at radius 3 is 2.35 bits per heavy atom. The molecule has 0 aliphatic heterocycles. The molecule has 1 aromatic carbocycles. The van der Waals surface area contributed by atoms with Gasteiger partial charge in [-0.05, 0) is 34.0 Å². The average Bonchev–Trinajstić information content (AvgIpc) is 2.36. The number of benzene rings is 1. The molecule has 1 aromatic rings. The molecule has 1 unspecified atom stereocenters. The molecule has 17 heavy (non-hydrogen) atoms. The van der Waals surface area contributed by atoms with E-state index in [0.29, 0.717) is 11.5 Å². The van der Waals surface area contributed by atoms with Crippen molar-refractivity contribution in [1.82, 2.24) is 0 Å². The van der Waals surface area contributed by atoms with Gasteiger partial charge >= 0.3 is 0 Å². The Morgan fingerprint density at radius 2 is 1.94 bits per heavy atom. The van der Waals surface area contributed by atoms with Crippen LogP contribution in [0.2, 0.25) is 0 Å². The number of halogens is 1. The Morgan fingerprint density at radius 1 is 1.35 bits per heavy atom. The number of ether oxygens (including phenoxy) is 2. The first-order chi connectivity index (χ1) is 8.10. The molecule has 0 radical (unpaired) electrons. The summed E-state index contributed by atoms with van der Waals surface area (Å²) in [6.45, 7) is 2.17. The highest BCUT2D eigenvalue weighted by Crippen LogP contribution is 2.42. The fourth-order valence-electron chi connectivity index (χ4n) is 1.86. The van der Waals surface area contributed by atoms with Crippen molar-refractivity contribution in [2.75, 3.05) is 20.8 Å². The fourth-order valence-corrected chi connectivity index (χ4v) is 2.45. The predicted octanol–water partition coefficient (Wildman–Crippen LogP) is 2.02. The number of hydrogen-bond acceptors (Lipinski definition) is 4. The van der Waals surface area contributed by atoms with Crippen molar-refractivity contribution in [2.45, 2.75) is 19.4 Å². The molecule has 0 bridgehead atoms. The number of methoxy groups -OCH3 is 2. The second-order valence-electron chi connectivity index (χ2n) is 3.60. The molecule has 0 aromatic heterocycles. The van der Waals surface area contributed by atoms with Gasteiger partial charge in [-0.1, -0.05) is 6.92 Å². The van der Waals surface area contributed by atoms with Crippen LogP contribution in [-0.4, -0.2) is 25.9 Å². The topological polar surface area (TPSA) is 64.7 Å². The van der Waals surface area contributed by atoms with E-state index in [0.717, 1.165) is 22.0 Å². The zero-order valence-corrected chi connectivity index (χ0v) is 11.9. The van der Waals surface area contributed by atoms with Gasteiger partial charge in [0.25, 0.3) is 0 Å². The molecule has 96 valence electrons. The van der Waals surface area contributed by atoms with Crippen LogP contribution in [0, 0.1) is 0 Å². The normalized spacial score (nSPS) is 12.4. The monoisotopic (exact) mass is 303 g/mol. The second kappa shape index (κ2) is 6.23. The van der Waals surface area contributed by atoms with Crippen molar-refractivity contribution in [1.29, 1.82) is 0 Å². The molecule has 1 rings (SSSR count). The summed E-state index contributed by atoms with van der Waals surface area (Å²) in [6, 6.07) is 1.83. The second-order valence-corrected chi connectivity index (χ2v) is 4.45. The van der Waals surface area contributed by atoms with Crippen molar-refractivity contribution in [3.05, 3.63) is 21.7 Å². The van der Waals surface area contributed by atoms with E-state index < -0.39 is 6.10 Å². The third-order valence-electron chi connectivity index (χ3n) is 2.67. The summed E-state index contributed by atoms with van der Waals surface area (Å²) in [5.41, 5.74) is 7.20. The first kappa shape index (κ1) is 14.3. The van der Waals surface area contributed by atoms with Crippen LogP contribution < -0.4 is 15.2 Å². The maximum Gasteiger partial charge on any atom is 0.175 e. The highest BCUT2D eigenvalue weighted by molar-refractivity contribution is 9.10. The molecule has 0 aliphatic rings. The summed E-state index contributed by atoms with van der Waals surface area (Å²) < 4.78 is 11.4. The standard InChI is InChI=1S/C12H18BrNO3/c1-4-7-8(10(15)6-14)5-9(13)12(17-3)11(7)16-2/h5,10,15H,4,6,14H2,1-3H3. The first-order valence-electron chi connectivity index (χ1n) is 5.42. The van der Waals surface area contributed by atoms with Crippen LogP contribution in [0.1, 0.15) is 24.2 Å². The van der Waals surface area contributed by atoms with Gasteiger partial charge in [0.15, 0.2) is 11.5 Å². The molecule has 0 heterocycles. The Kier molecular flexibility index (Phi) is 5.24. The van der Waals surface area contributed by atoms with Gasteiger partial charge in [-0.25, -0.2) is 0 Å². The minimum absolute atomic E-state index is 0.176. The smallest absolute Gasteiger partial charge is 0.175 e. The quantitative estimate of drug-likeness (QED) is 0.873. The molecular formula is C12H18BrNO3. The van der Waals surface area contributed by atoms with Gasteiger partial charge in [-0.15, -0.1) is 0 Å². The third kappa shape index (κ3) is 2.73. The van der Waals surface area contributed by atoms with Crippen LogP contribution in [0.25, 0.3) is 0 Å². The number of aliphatic hydroxyl groups is 1. The molecular weight excluding hydrogens is 286 g/mol. The van der Waals surface area contributed by atoms with Crippen molar-refractivity contribution in [3.8, 4) is 11.5 Å².